The summed E-state index contributed by atoms with van der Waals surface area (Å²) >= 11 is 0. The molecule has 0 radical (unpaired) electrons. The molecule has 0 saturated carbocycles. The molecule has 7 heteroatoms. The number of hydrogen-bond acceptors (Lipinski definition) is 2. The summed E-state index contributed by atoms with van der Waals surface area (Å²) in [4.78, 5) is 1.18. The van der Waals surface area contributed by atoms with Crippen LogP contribution in [0.2, 0.25) is 0 Å². The van der Waals surface area contributed by atoms with E-state index in [1.807, 2.05) is 0 Å². The third kappa shape index (κ3) is 2.14. The van der Waals surface area contributed by atoms with E-state index in [4.69, 9.17) is 0 Å². The third-order valence-corrected chi connectivity index (χ3v) is 2.84. The summed E-state index contributed by atoms with van der Waals surface area (Å²) in [5, 5.41) is 2.98. The van der Waals surface area contributed by atoms with Crippen LogP contribution in [0, 0.1) is 29.1 Å². The smallest absolute Gasteiger partial charge is 0.200 e. The normalized spacial score (nSPS) is 16.8. The first-order valence-electron chi connectivity index (χ1n) is 5.51. The molecule has 1 aliphatic rings. The molecule has 0 spiro atoms. The predicted octanol–water partition coefficient (Wildman–Crippen LogP) is 2.18. The maximum absolute atomic E-state index is 13.5. The molecule has 1 fully saturated rings. The Bertz CT molecular complexity index is 426. The van der Waals surface area contributed by atoms with Gasteiger partial charge in [-0.05, 0) is 13.0 Å². The minimum absolute atomic E-state index is 0.193. The molecule has 1 saturated heterocycles. The second-order valence-corrected chi connectivity index (χ2v) is 4.01. The van der Waals surface area contributed by atoms with Gasteiger partial charge in [-0.1, -0.05) is 0 Å². The van der Waals surface area contributed by atoms with Crippen LogP contribution in [0.15, 0.2) is 0 Å². The quantitative estimate of drug-likeness (QED) is 0.476. The molecule has 1 N–H and O–H groups in total. The summed E-state index contributed by atoms with van der Waals surface area (Å²) in [6.45, 7) is 1.51. The zero-order chi connectivity index (χ0) is 13.3. The lowest BCUT2D eigenvalue weighted by atomic mass is 10.2. The van der Waals surface area contributed by atoms with Gasteiger partial charge in [-0.2, -0.15) is 0 Å². The Labute approximate surface area is 100 Å². The Kier molecular flexibility index (Phi) is 3.70. The highest BCUT2D eigenvalue weighted by molar-refractivity contribution is 5.50. The van der Waals surface area contributed by atoms with Gasteiger partial charge in [0, 0.05) is 19.6 Å². The zero-order valence-corrected chi connectivity index (χ0v) is 9.37. The van der Waals surface area contributed by atoms with Crippen LogP contribution in [0.5, 0.6) is 0 Å². The van der Waals surface area contributed by atoms with Gasteiger partial charge in [0.05, 0.1) is 0 Å². The summed E-state index contributed by atoms with van der Waals surface area (Å²) in [6.07, 6.45) is 0.569. The van der Waals surface area contributed by atoms with Crippen LogP contribution in [0.25, 0.3) is 0 Å². The highest BCUT2D eigenvalue weighted by Gasteiger charge is 2.29. The van der Waals surface area contributed by atoms with Crippen molar-refractivity contribution >= 4 is 5.69 Å². The van der Waals surface area contributed by atoms with Gasteiger partial charge in [-0.25, -0.2) is 22.0 Å². The van der Waals surface area contributed by atoms with Crippen molar-refractivity contribution in [2.24, 2.45) is 0 Å². The van der Waals surface area contributed by atoms with E-state index in [2.05, 4.69) is 5.32 Å². The van der Waals surface area contributed by atoms with E-state index < -0.39 is 34.8 Å². The number of hydrogen-bond donors (Lipinski definition) is 1. The Morgan fingerprint density at radius 2 is 1.28 bits per heavy atom. The van der Waals surface area contributed by atoms with Crippen LogP contribution in [0.3, 0.4) is 0 Å². The summed E-state index contributed by atoms with van der Waals surface area (Å²) in [5.74, 6) is -9.47. The third-order valence-electron chi connectivity index (χ3n) is 2.84. The van der Waals surface area contributed by atoms with E-state index in [-0.39, 0.29) is 13.1 Å². The van der Waals surface area contributed by atoms with Gasteiger partial charge < -0.3 is 10.2 Å². The fraction of sp³-hybridized carbons (Fsp3) is 0.455. The molecule has 1 aromatic carbocycles. The SMILES string of the molecule is Fc1c(F)c(F)c(N2CCCNCC2)c(F)c1F. The molecular weight excluding hydrogens is 255 g/mol. The Balaban J connectivity index is 2.49. The van der Waals surface area contributed by atoms with Gasteiger partial charge in [0.1, 0.15) is 5.69 Å². The second kappa shape index (κ2) is 5.09. The molecule has 18 heavy (non-hydrogen) atoms. The maximum atomic E-state index is 13.5. The number of rotatable bonds is 1. The fourth-order valence-corrected chi connectivity index (χ4v) is 1.94. The van der Waals surface area contributed by atoms with Crippen LogP contribution in [-0.2, 0) is 0 Å². The van der Waals surface area contributed by atoms with E-state index in [9.17, 15) is 22.0 Å². The lowest BCUT2D eigenvalue weighted by Gasteiger charge is -2.23. The largest absolute Gasteiger partial charge is 0.365 e. The fourth-order valence-electron chi connectivity index (χ4n) is 1.94. The van der Waals surface area contributed by atoms with Crippen molar-refractivity contribution in [1.82, 2.24) is 5.32 Å². The average molecular weight is 266 g/mol. The number of benzene rings is 1. The van der Waals surface area contributed by atoms with Crippen molar-refractivity contribution in [3.8, 4) is 0 Å². The number of anilines is 1. The summed E-state index contributed by atoms with van der Waals surface area (Å²) in [6, 6.07) is 0. The molecule has 2 nitrogen and oxygen atoms in total. The monoisotopic (exact) mass is 266 g/mol. The number of nitrogens with one attached hydrogen (secondary N) is 1. The Hall–Kier alpha value is -1.37. The van der Waals surface area contributed by atoms with Crippen molar-refractivity contribution in [2.45, 2.75) is 6.42 Å². The van der Waals surface area contributed by atoms with Crippen molar-refractivity contribution in [2.75, 3.05) is 31.1 Å². The van der Waals surface area contributed by atoms with Crippen LogP contribution in [0.1, 0.15) is 6.42 Å². The van der Waals surface area contributed by atoms with Gasteiger partial charge in [-0.15, -0.1) is 0 Å². The molecule has 0 aliphatic carbocycles. The molecule has 0 aromatic heterocycles. The molecule has 0 amide bonds. The van der Waals surface area contributed by atoms with Crippen LogP contribution >= 0.6 is 0 Å². The lowest BCUT2D eigenvalue weighted by Crippen LogP contribution is -2.30. The number of halogens is 5. The molecule has 0 unspecified atom stereocenters. The van der Waals surface area contributed by atoms with Gasteiger partial charge >= 0.3 is 0 Å². The van der Waals surface area contributed by atoms with Crippen molar-refractivity contribution in [1.29, 1.82) is 0 Å². The zero-order valence-electron chi connectivity index (χ0n) is 9.37. The van der Waals surface area contributed by atoms with Crippen molar-refractivity contribution < 1.29 is 22.0 Å². The van der Waals surface area contributed by atoms with Gasteiger partial charge in [-0.3, -0.25) is 0 Å². The van der Waals surface area contributed by atoms with Crippen molar-refractivity contribution in [3.63, 3.8) is 0 Å². The standard InChI is InChI=1S/C11H11F5N2/c12-6-7(13)9(15)11(10(16)8(6)14)18-4-1-2-17-3-5-18/h17H,1-5H2. The van der Waals surface area contributed by atoms with E-state index >= 15 is 0 Å². The van der Waals surface area contributed by atoms with Gasteiger partial charge in [0.2, 0.25) is 5.82 Å². The minimum Gasteiger partial charge on any atom is -0.365 e. The molecule has 100 valence electrons. The summed E-state index contributed by atoms with van der Waals surface area (Å²) in [7, 11) is 0. The molecule has 0 atom stereocenters. The van der Waals surface area contributed by atoms with Crippen LogP contribution in [0.4, 0.5) is 27.6 Å². The molecule has 1 aromatic rings. The summed E-state index contributed by atoms with van der Waals surface area (Å²) < 4.78 is 66.1. The molecule has 1 aliphatic heterocycles. The highest BCUT2D eigenvalue weighted by atomic mass is 19.2. The second-order valence-electron chi connectivity index (χ2n) is 4.01. The first-order chi connectivity index (χ1) is 8.54. The topological polar surface area (TPSA) is 15.3 Å². The molecule has 0 bridgehead atoms. The van der Waals surface area contributed by atoms with Crippen molar-refractivity contribution in [3.05, 3.63) is 29.1 Å². The number of nitrogens with zero attached hydrogens (tertiary/aromatic N) is 1. The predicted molar refractivity (Wildman–Crippen MR) is 55.9 cm³/mol. The molecule has 1 heterocycles. The van der Waals surface area contributed by atoms with E-state index in [0.717, 1.165) is 0 Å². The molecular formula is C11H11F5N2. The average Bonchev–Trinajstić information content (AvgIpc) is 2.63. The van der Waals surface area contributed by atoms with Crippen LogP contribution in [-0.4, -0.2) is 26.2 Å². The lowest BCUT2D eigenvalue weighted by molar-refractivity contribution is 0.378. The summed E-state index contributed by atoms with van der Waals surface area (Å²) in [5.41, 5.74) is -0.838. The first-order valence-corrected chi connectivity index (χ1v) is 5.51. The molecule has 2 rings (SSSR count). The maximum Gasteiger partial charge on any atom is 0.200 e. The van der Waals surface area contributed by atoms with E-state index in [1.54, 1.807) is 0 Å². The minimum atomic E-state index is -2.12. The Morgan fingerprint density at radius 3 is 1.89 bits per heavy atom. The van der Waals surface area contributed by atoms with Gasteiger partial charge in [0.15, 0.2) is 23.3 Å². The Morgan fingerprint density at radius 1 is 0.722 bits per heavy atom. The highest BCUT2D eigenvalue weighted by Crippen LogP contribution is 2.30. The first kappa shape index (κ1) is 13.1. The van der Waals surface area contributed by atoms with Gasteiger partial charge in [0.25, 0.3) is 0 Å². The van der Waals surface area contributed by atoms with Crippen LogP contribution < -0.4 is 10.2 Å². The van der Waals surface area contributed by atoms with E-state index in [0.29, 0.717) is 19.5 Å². The van der Waals surface area contributed by atoms with E-state index in [1.165, 1.54) is 4.90 Å².